The lowest BCUT2D eigenvalue weighted by atomic mass is 9.87. The average molecular weight is 507 g/mol. The molecule has 0 heterocycles. The fraction of sp³-hybridized carbons (Fsp3) is 0.400. The molecule has 3 N–H and O–H groups in total. The zero-order valence-corrected chi connectivity index (χ0v) is 21.8. The third kappa shape index (κ3) is 7.43. The van der Waals surface area contributed by atoms with Gasteiger partial charge in [0.25, 0.3) is 5.91 Å². The van der Waals surface area contributed by atoms with Crippen LogP contribution in [0.5, 0.6) is 0 Å². The minimum Gasteiger partial charge on any atom is -0.481 e. The fourth-order valence-corrected chi connectivity index (χ4v) is 5.21. The first-order chi connectivity index (χ1) is 16.2. The first-order valence-electron chi connectivity index (χ1n) is 11.1. The van der Waals surface area contributed by atoms with Gasteiger partial charge in [0.2, 0.25) is 5.91 Å². The Kier molecular flexibility index (Phi) is 8.91. The number of carboxylic acids is 1. The van der Waals surface area contributed by atoms with Gasteiger partial charge >= 0.3 is 5.97 Å². The standard InChI is InChI=1S/C25H32F2N2O5Si/c1-25(2,13-20(30)31)24(33)29-21(16-9-7-15(8-10-16)14-34-3)23(32)28-17-11-18(26)22(19(27)12-17)35(4,5)6/h7-12,21H,13-14H2,1-6H3,(H,28,32)(H,29,33)(H,30,31). The van der Waals surface area contributed by atoms with Crippen LogP contribution in [0.3, 0.4) is 0 Å². The van der Waals surface area contributed by atoms with Gasteiger partial charge in [-0.25, -0.2) is 8.78 Å². The van der Waals surface area contributed by atoms with Crippen LogP contribution in [0.1, 0.15) is 37.4 Å². The van der Waals surface area contributed by atoms with Crippen LogP contribution in [0.15, 0.2) is 36.4 Å². The Hall–Kier alpha value is -3.11. The Balaban J connectivity index is 2.39. The number of hydrogen-bond acceptors (Lipinski definition) is 4. The number of aliphatic carboxylic acids is 1. The number of hydrogen-bond donors (Lipinski definition) is 3. The highest BCUT2D eigenvalue weighted by molar-refractivity contribution is 6.88. The fourth-order valence-electron chi connectivity index (χ4n) is 3.63. The zero-order chi connectivity index (χ0) is 26.6. The van der Waals surface area contributed by atoms with Crippen LogP contribution in [0.2, 0.25) is 19.6 Å². The molecule has 10 heteroatoms. The predicted molar refractivity (Wildman–Crippen MR) is 132 cm³/mol. The molecule has 0 saturated carbocycles. The molecular weight excluding hydrogens is 474 g/mol. The Labute approximate surface area is 204 Å². The molecule has 0 radical (unpaired) electrons. The van der Waals surface area contributed by atoms with Crippen LogP contribution < -0.4 is 15.8 Å². The summed E-state index contributed by atoms with van der Waals surface area (Å²) in [6.45, 7) is 8.68. The molecule has 0 aliphatic rings. The molecule has 0 bridgehead atoms. The van der Waals surface area contributed by atoms with E-state index in [2.05, 4.69) is 10.6 Å². The molecule has 0 fully saturated rings. The van der Waals surface area contributed by atoms with Gasteiger partial charge in [-0.15, -0.1) is 0 Å². The van der Waals surface area contributed by atoms with Gasteiger partial charge < -0.3 is 20.5 Å². The molecule has 35 heavy (non-hydrogen) atoms. The number of nitrogens with one attached hydrogen (secondary N) is 2. The molecule has 2 aromatic rings. The van der Waals surface area contributed by atoms with Crippen LogP contribution >= 0.6 is 0 Å². The minimum atomic E-state index is -2.31. The number of carbonyl (C=O) groups is 3. The molecule has 0 aliphatic carbocycles. The maximum absolute atomic E-state index is 14.7. The van der Waals surface area contributed by atoms with E-state index in [1.807, 2.05) is 19.6 Å². The summed E-state index contributed by atoms with van der Waals surface area (Å²) in [5.41, 5.74) is -0.162. The largest absolute Gasteiger partial charge is 0.481 e. The van der Waals surface area contributed by atoms with Gasteiger partial charge in [-0.1, -0.05) is 57.8 Å². The summed E-state index contributed by atoms with van der Waals surface area (Å²) in [7, 11) is -0.764. The number of carboxylic acid groups (broad SMARTS) is 1. The quantitative estimate of drug-likeness (QED) is 0.423. The summed E-state index contributed by atoms with van der Waals surface area (Å²) in [4.78, 5) is 37.3. The molecular formula is C25H32F2N2O5Si. The molecule has 190 valence electrons. The highest BCUT2D eigenvalue weighted by Crippen LogP contribution is 2.25. The van der Waals surface area contributed by atoms with Crippen molar-refractivity contribution >= 4 is 36.7 Å². The Morgan fingerprint density at radius 1 is 1.06 bits per heavy atom. The molecule has 0 spiro atoms. The van der Waals surface area contributed by atoms with Crippen LogP contribution in [0, 0.1) is 17.0 Å². The monoisotopic (exact) mass is 506 g/mol. The molecule has 7 nitrogen and oxygen atoms in total. The second-order valence-corrected chi connectivity index (χ2v) is 15.1. The van der Waals surface area contributed by atoms with Gasteiger partial charge in [0.05, 0.1) is 26.5 Å². The number of methoxy groups -OCH3 is 1. The van der Waals surface area contributed by atoms with E-state index in [-0.39, 0.29) is 10.9 Å². The maximum atomic E-state index is 14.7. The van der Waals surface area contributed by atoms with E-state index >= 15 is 0 Å². The Morgan fingerprint density at radius 2 is 1.60 bits per heavy atom. The predicted octanol–water partition coefficient (Wildman–Crippen LogP) is 3.95. The van der Waals surface area contributed by atoms with Gasteiger partial charge in [0.15, 0.2) is 0 Å². The van der Waals surface area contributed by atoms with Gasteiger partial charge in [-0.05, 0) is 23.3 Å². The van der Waals surface area contributed by atoms with Crippen LogP contribution in [-0.4, -0.2) is 38.1 Å². The van der Waals surface area contributed by atoms with Gasteiger partial charge in [0, 0.05) is 18.0 Å². The molecule has 0 saturated heterocycles. The molecule has 2 rings (SSSR count). The third-order valence-corrected chi connectivity index (χ3v) is 7.41. The van der Waals surface area contributed by atoms with E-state index < -0.39 is 55.4 Å². The Bertz CT molecular complexity index is 1080. The van der Waals surface area contributed by atoms with Crippen molar-refractivity contribution in [3.8, 4) is 0 Å². The smallest absolute Gasteiger partial charge is 0.304 e. The van der Waals surface area contributed by atoms with Crippen LogP contribution in [0.4, 0.5) is 14.5 Å². The van der Waals surface area contributed by atoms with Crippen LogP contribution in [0.25, 0.3) is 0 Å². The van der Waals surface area contributed by atoms with Gasteiger partial charge in [-0.2, -0.15) is 0 Å². The molecule has 0 aliphatic heterocycles. The lowest BCUT2D eigenvalue weighted by molar-refractivity contribution is -0.144. The second-order valence-electron chi connectivity index (χ2n) is 10.1. The number of carbonyl (C=O) groups excluding carboxylic acids is 2. The molecule has 2 aromatic carbocycles. The van der Waals surface area contributed by atoms with E-state index in [0.29, 0.717) is 12.2 Å². The van der Waals surface area contributed by atoms with Crippen molar-refractivity contribution in [1.82, 2.24) is 5.32 Å². The molecule has 0 aromatic heterocycles. The number of halogens is 2. The van der Waals surface area contributed by atoms with E-state index in [1.54, 1.807) is 31.4 Å². The normalized spacial score (nSPS) is 12.7. The molecule has 1 atom stereocenters. The number of amides is 2. The van der Waals surface area contributed by atoms with Crippen molar-refractivity contribution in [2.45, 2.75) is 52.6 Å². The van der Waals surface area contributed by atoms with Gasteiger partial charge in [0.1, 0.15) is 17.7 Å². The number of anilines is 1. The molecule has 2 amide bonds. The van der Waals surface area contributed by atoms with Crippen LogP contribution in [-0.2, 0) is 25.7 Å². The van der Waals surface area contributed by atoms with Crippen molar-refractivity contribution in [3.05, 3.63) is 59.2 Å². The SMILES string of the molecule is COCc1ccc(C(NC(=O)C(C)(C)CC(=O)O)C(=O)Nc2cc(F)c([Si](C)(C)C)c(F)c2)cc1. The number of benzene rings is 2. The maximum Gasteiger partial charge on any atom is 0.304 e. The van der Waals surface area contributed by atoms with Crippen molar-refractivity contribution < 1.29 is 33.0 Å². The molecule has 1 unspecified atom stereocenters. The number of rotatable bonds is 10. The van der Waals surface area contributed by atoms with Crippen molar-refractivity contribution in [2.75, 3.05) is 12.4 Å². The van der Waals surface area contributed by atoms with E-state index in [4.69, 9.17) is 9.84 Å². The third-order valence-electron chi connectivity index (χ3n) is 5.43. The zero-order valence-electron chi connectivity index (χ0n) is 20.8. The summed E-state index contributed by atoms with van der Waals surface area (Å²) >= 11 is 0. The first kappa shape index (κ1) is 28.1. The van der Waals surface area contributed by atoms with E-state index in [1.165, 1.54) is 13.8 Å². The lowest BCUT2D eigenvalue weighted by Gasteiger charge is -2.26. The van der Waals surface area contributed by atoms with Crippen molar-refractivity contribution in [2.24, 2.45) is 5.41 Å². The minimum absolute atomic E-state index is 0.0319. The van der Waals surface area contributed by atoms with Crippen molar-refractivity contribution in [1.29, 1.82) is 0 Å². The summed E-state index contributed by atoms with van der Waals surface area (Å²) < 4.78 is 34.5. The summed E-state index contributed by atoms with van der Waals surface area (Å²) in [6.07, 6.45) is -0.450. The topological polar surface area (TPSA) is 105 Å². The van der Waals surface area contributed by atoms with Crippen molar-refractivity contribution in [3.63, 3.8) is 0 Å². The number of ether oxygens (including phenoxy) is 1. The van der Waals surface area contributed by atoms with E-state index in [9.17, 15) is 23.2 Å². The summed E-state index contributed by atoms with van der Waals surface area (Å²) in [5, 5.41) is 14.2. The first-order valence-corrected chi connectivity index (χ1v) is 14.6. The Morgan fingerprint density at radius 3 is 2.06 bits per heavy atom. The summed E-state index contributed by atoms with van der Waals surface area (Å²) in [5.74, 6) is -4.04. The van der Waals surface area contributed by atoms with E-state index in [0.717, 1.165) is 17.7 Å². The summed E-state index contributed by atoms with van der Waals surface area (Å²) in [6, 6.07) is 7.56. The van der Waals surface area contributed by atoms with Gasteiger partial charge in [-0.3, -0.25) is 14.4 Å². The average Bonchev–Trinajstić information content (AvgIpc) is 2.70. The second kappa shape index (κ2) is 11.1. The highest BCUT2D eigenvalue weighted by atomic mass is 28.3. The lowest BCUT2D eigenvalue weighted by Crippen LogP contribution is -2.44. The highest BCUT2D eigenvalue weighted by Gasteiger charge is 2.34.